The van der Waals surface area contributed by atoms with Gasteiger partial charge in [-0.3, -0.25) is 4.98 Å². The van der Waals surface area contributed by atoms with Crippen molar-refractivity contribution >= 4 is 11.0 Å². The quantitative estimate of drug-likeness (QED) is 0.738. The zero-order chi connectivity index (χ0) is 15.6. The molecule has 3 nitrogen and oxygen atoms in total. The third-order valence-corrected chi connectivity index (χ3v) is 5.17. The summed E-state index contributed by atoms with van der Waals surface area (Å²) in [7, 11) is 0. The summed E-state index contributed by atoms with van der Waals surface area (Å²) in [5.41, 5.74) is 4.65. The lowest BCUT2D eigenvalue weighted by molar-refractivity contribution is 0.469. The Kier molecular flexibility index (Phi) is 3.86. The van der Waals surface area contributed by atoms with Crippen LogP contribution in [-0.2, 0) is 0 Å². The first-order valence-electron chi connectivity index (χ1n) is 8.66. The molecule has 3 heteroatoms. The van der Waals surface area contributed by atoms with Crippen molar-refractivity contribution in [2.45, 2.75) is 44.9 Å². The zero-order valence-electron chi connectivity index (χ0n) is 13.6. The van der Waals surface area contributed by atoms with E-state index in [0.29, 0.717) is 5.92 Å². The Morgan fingerprint density at radius 2 is 2.04 bits per heavy atom. The van der Waals surface area contributed by atoms with Gasteiger partial charge in [0.25, 0.3) is 0 Å². The second-order valence-electron chi connectivity index (χ2n) is 6.84. The maximum atomic E-state index is 4.52. The molecule has 1 N–H and O–H groups in total. The molecule has 0 spiro atoms. The van der Waals surface area contributed by atoms with Crippen molar-refractivity contribution in [3.63, 3.8) is 0 Å². The Morgan fingerprint density at radius 3 is 2.78 bits per heavy atom. The molecule has 1 aliphatic rings. The molecular weight excluding hydrogens is 282 g/mol. The van der Waals surface area contributed by atoms with Crippen molar-refractivity contribution < 1.29 is 0 Å². The molecule has 1 fully saturated rings. The lowest BCUT2D eigenvalue weighted by atomic mass is 9.86. The minimum atomic E-state index is 0.389. The molecule has 0 aromatic carbocycles. The van der Waals surface area contributed by atoms with Crippen LogP contribution in [0.15, 0.2) is 42.7 Å². The van der Waals surface area contributed by atoms with E-state index < -0.39 is 0 Å². The Hall–Kier alpha value is -2.16. The normalized spacial score (nSPS) is 16.9. The van der Waals surface area contributed by atoms with Gasteiger partial charge in [0.2, 0.25) is 0 Å². The van der Waals surface area contributed by atoms with Gasteiger partial charge in [0.15, 0.2) is 0 Å². The Balaban J connectivity index is 1.72. The lowest BCUT2D eigenvalue weighted by Crippen LogP contribution is -2.08. The molecule has 0 bridgehead atoms. The average molecular weight is 305 g/mol. The van der Waals surface area contributed by atoms with E-state index in [9.17, 15) is 0 Å². The molecule has 4 rings (SSSR count). The first-order valence-corrected chi connectivity index (χ1v) is 8.66. The summed E-state index contributed by atoms with van der Waals surface area (Å²) in [6.45, 7) is 2.04. The van der Waals surface area contributed by atoms with Crippen LogP contribution in [-0.4, -0.2) is 15.0 Å². The molecule has 0 amide bonds. The van der Waals surface area contributed by atoms with Crippen molar-refractivity contribution in [1.82, 2.24) is 15.0 Å². The van der Waals surface area contributed by atoms with E-state index in [2.05, 4.69) is 39.2 Å². The van der Waals surface area contributed by atoms with Gasteiger partial charge in [-0.2, -0.15) is 0 Å². The zero-order valence-corrected chi connectivity index (χ0v) is 13.6. The number of nitrogens with zero attached hydrogens (tertiary/aromatic N) is 2. The number of pyridine rings is 2. The van der Waals surface area contributed by atoms with Crippen molar-refractivity contribution in [3.8, 4) is 0 Å². The van der Waals surface area contributed by atoms with Gasteiger partial charge in [0, 0.05) is 35.1 Å². The fourth-order valence-electron chi connectivity index (χ4n) is 3.87. The maximum absolute atomic E-state index is 4.52. The summed E-state index contributed by atoms with van der Waals surface area (Å²) in [5.74, 6) is 1.22. The lowest BCUT2D eigenvalue weighted by Gasteiger charge is -2.20. The van der Waals surface area contributed by atoms with Crippen LogP contribution in [0.2, 0.25) is 0 Å². The summed E-state index contributed by atoms with van der Waals surface area (Å²) in [6.07, 6.45) is 10.6. The predicted octanol–water partition coefficient (Wildman–Crippen LogP) is 4.98. The maximum Gasteiger partial charge on any atom is 0.137 e. The molecule has 1 aliphatic carbocycles. The highest BCUT2D eigenvalue weighted by molar-refractivity contribution is 5.76. The van der Waals surface area contributed by atoms with Crippen LogP contribution in [0, 0.1) is 12.8 Å². The Labute approximate surface area is 137 Å². The smallest absolute Gasteiger partial charge is 0.137 e. The summed E-state index contributed by atoms with van der Waals surface area (Å²) < 4.78 is 0. The number of H-pyrrole nitrogens is 1. The molecule has 0 radical (unpaired) electrons. The van der Waals surface area contributed by atoms with Crippen LogP contribution in [0.3, 0.4) is 0 Å². The molecule has 118 valence electrons. The van der Waals surface area contributed by atoms with Crippen LogP contribution in [0.1, 0.15) is 55.0 Å². The first-order chi connectivity index (χ1) is 11.3. The second kappa shape index (κ2) is 6.15. The number of hydrogen-bond acceptors (Lipinski definition) is 2. The number of fused-ring (bicyclic) bond motifs is 1. The van der Waals surface area contributed by atoms with E-state index >= 15 is 0 Å². The van der Waals surface area contributed by atoms with Crippen LogP contribution in [0.4, 0.5) is 0 Å². The molecular formula is C20H23N3. The monoisotopic (exact) mass is 305 g/mol. The number of hydrogen-bond donors (Lipinski definition) is 1. The summed E-state index contributed by atoms with van der Waals surface area (Å²) in [6, 6.07) is 10.8. The summed E-state index contributed by atoms with van der Waals surface area (Å²) >= 11 is 0. The largest absolute Gasteiger partial charge is 0.343 e. The van der Waals surface area contributed by atoms with Crippen molar-refractivity contribution in [3.05, 3.63) is 59.7 Å². The van der Waals surface area contributed by atoms with Gasteiger partial charge in [-0.15, -0.1) is 0 Å². The van der Waals surface area contributed by atoms with E-state index in [1.807, 2.05) is 25.4 Å². The average Bonchev–Trinajstić information content (AvgIpc) is 3.22. The topological polar surface area (TPSA) is 41.6 Å². The molecule has 3 aromatic rings. The standard InChI is InChI=1S/C20H23N3/c1-14-8-9-17(13-22-14)18(11-15-5-2-3-6-15)19-12-16-7-4-10-21-20(16)23-19/h4,7-10,12-13,15,18H,2-3,5-6,11H2,1H3,(H,21,23). The number of rotatable bonds is 4. The minimum absolute atomic E-state index is 0.389. The highest BCUT2D eigenvalue weighted by Crippen LogP contribution is 2.37. The number of aryl methyl sites for hydroxylation is 1. The number of aromatic amines is 1. The number of nitrogens with one attached hydrogen (secondary N) is 1. The highest BCUT2D eigenvalue weighted by Gasteiger charge is 2.24. The van der Waals surface area contributed by atoms with Gasteiger partial charge in [0.05, 0.1) is 0 Å². The van der Waals surface area contributed by atoms with Crippen molar-refractivity contribution in [2.75, 3.05) is 0 Å². The molecule has 0 saturated heterocycles. The van der Waals surface area contributed by atoms with E-state index in [1.54, 1.807) is 0 Å². The van der Waals surface area contributed by atoms with Crippen LogP contribution < -0.4 is 0 Å². The predicted molar refractivity (Wildman–Crippen MR) is 93.5 cm³/mol. The van der Waals surface area contributed by atoms with E-state index in [-0.39, 0.29) is 0 Å². The highest BCUT2D eigenvalue weighted by atomic mass is 14.9. The Morgan fingerprint density at radius 1 is 1.17 bits per heavy atom. The molecule has 1 unspecified atom stereocenters. The van der Waals surface area contributed by atoms with Crippen LogP contribution in [0.5, 0.6) is 0 Å². The molecule has 1 saturated carbocycles. The van der Waals surface area contributed by atoms with Crippen LogP contribution >= 0.6 is 0 Å². The van der Waals surface area contributed by atoms with Crippen LogP contribution in [0.25, 0.3) is 11.0 Å². The van der Waals surface area contributed by atoms with Gasteiger partial charge in [-0.1, -0.05) is 31.7 Å². The molecule has 0 aliphatic heterocycles. The van der Waals surface area contributed by atoms with Crippen molar-refractivity contribution in [1.29, 1.82) is 0 Å². The van der Waals surface area contributed by atoms with Gasteiger partial charge in [-0.25, -0.2) is 4.98 Å². The minimum Gasteiger partial charge on any atom is -0.343 e. The van der Waals surface area contributed by atoms with Gasteiger partial charge >= 0.3 is 0 Å². The van der Waals surface area contributed by atoms with Crippen molar-refractivity contribution in [2.24, 2.45) is 5.92 Å². The molecule has 3 heterocycles. The summed E-state index contributed by atoms with van der Waals surface area (Å²) in [5, 5.41) is 1.19. The fourth-order valence-corrected chi connectivity index (χ4v) is 3.87. The fraction of sp³-hybridized carbons (Fsp3) is 0.400. The van der Waals surface area contributed by atoms with E-state index in [4.69, 9.17) is 0 Å². The number of aromatic nitrogens is 3. The van der Waals surface area contributed by atoms with Gasteiger partial charge in [0.1, 0.15) is 5.65 Å². The second-order valence-corrected chi connectivity index (χ2v) is 6.84. The van der Waals surface area contributed by atoms with Gasteiger partial charge < -0.3 is 4.98 Å². The molecule has 1 atom stereocenters. The van der Waals surface area contributed by atoms with E-state index in [1.165, 1.54) is 48.7 Å². The summed E-state index contributed by atoms with van der Waals surface area (Å²) in [4.78, 5) is 12.5. The van der Waals surface area contributed by atoms with Gasteiger partial charge in [-0.05, 0) is 49.1 Å². The first kappa shape index (κ1) is 14.4. The molecule has 3 aromatic heterocycles. The Bertz CT molecular complexity index is 749. The van der Waals surface area contributed by atoms with E-state index in [0.717, 1.165) is 17.3 Å². The third-order valence-electron chi connectivity index (χ3n) is 5.17. The molecule has 23 heavy (non-hydrogen) atoms. The SMILES string of the molecule is Cc1ccc(C(CC2CCCC2)c2cc3cccnc3[nH]2)cn1. The third kappa shape index (κ3) is 3.00.